The maximum absolute atomic E-state index is 10.6. The summed E-state index contributed by atoms with van der Waals surface area (Å²) in [5.74, 6) is -0.699. The molecule has 2 rings (SSSR count). The number of hydrogen-bond donors (Lipinski definition) is 1. The highest BCUT2D eigenvalue weighted by Crippen LogP contribution is 2.23. The zero-order chi connectivity index (χ0) is 13.1. The van der Waals surface area contributed by atoms with Gasteiger partial charge >= 0.3 is 11.9 Å². The monoisotopic (exact) mass is 269 g/mol. The van der Waals surface area contributed by atoms with Crippen LogP contribution in [-0.4, -0.2) is 16.0 Å². The highest BCUT2D eigenvalue weighted by atomic mass is 32.1. The molecule has 0 unspecified atom stereocenters. The zero-order valence-corrected chi connectivity index (χ0v) is 9.68. The van der Waals surface area contributed by atoms with Crippen LogP contribution in [0.15, 0.2) is 28.0 Å². The normalized spacial score (nSPS) is 10.2. The van der Waals surface area contributed by atoms with Crippen LogP contribution in [0.5, 0.6) is 5.75 Å². The maximum atomic E-state index is 10.6. The summed E-state index contributed by atoms with van der Waals surface area (Å²) >= 11 is 1.04. The van der Waals surface area contributed by atoms with Gasteiger partial charge in [-0.2, -0.15) is 0 Å². The van der Waals surface area contributed by atoms with Gasteiger partial charge in [-0.1, -0.05) is 0 Å². The van der Waals surface area contributed by atoms with Gasteiger partial charge < -0.3 is 14.3 Å². The first-order valence-electron chi connectivity index (χ1n) is 4.74. The van der Waals surface area contributed by atoms with Gasteiger partial charge in [-0.3, -0.25) is 10.1 Å². The molecule has 0 spiro atoms. The number of hydrogen-bond acceptors (Lipinski definition) is 6. The van der Waals surface area contributed by atoms with Crippen LogP contribution in [0.4, 0.5) is 5.88 Å². The van der Waals surface area contributed by atoms with Gasteiger partial charge in [0.1, 0.15) is 27.9 Å². The van der Waals surface area contributed by atoms with E-state index >= 15 is 0 Å². The summed E-state index contributed by atoms with van der Waals surface area (Å²) in [4.78, 5) is 20.5. The van der Waals surface area contributed by atoms with Gasteiger partial charge in [0.15, 0.2) is 0 Å². The number of nitro groups is 1. The van der Waals surface area contributed by atoms with Crippen LogP contribution >= 0.6 is 11.3 Å². The fraction of sp³-hybridized carbons (Fsp3) is 0.100. The minimum atomic E-state index is -1.02. The first kappa shape index (κ1) is 12.1. The van der Waals surface area contributed by atoms with E-state index in [1.54, 1.807) is 5.38 Å². The van der Waals surface area contributed by atoms with Gasteiger partial charge in [0.25, 0.3) is 0 Å². The van der Waals surface area contributed by atoms with Gasteiger partial charge in [0.05, 0.1) is 6.07 Å². The van der Waals surface area contributed by atoms with Crippen LogP contribution in [-0.2, 0) is 6.61 Å². The molecule has 18 heavy (non-hydrogen) atoms. The second kappa shape index (κ2) is 4.88. The van der Waals surface area contributed by atoms with Gasteiger partial charge in [-0.05, 0) is 6.07 Å². The van der Waals surface area contributed by atoms with Crippen LogP contribution in [0.2, 0.25) is 0 Å². The Hall–Kier alpha value is -2.35. The molecule has 0 atom stereocenters. The quantitative estimate of drug-likeness (QED) is 0.660. The highest BCUT2D eigenvalue weighted by molar-refractivity contribution is 7.12. The van der Waals surface area contributed by atoms with Crippen molar-refractivity contribution in [3.05, 3.63) is 44.3 Å². The minimum absolute atomic E-state index is 0.00360. The number of carboxylic acids is 1. The fourth-order valence-corrected chi connectivity index (χ4v) is 1.87. The molecule has 94 valence electrons. The van der Waals surface area contributed by atoms with Gasteiger partial charge in [0, 0.05) is 11.4 Å². The van der Waals surface area contributed by atoms with E-state index in [0.717, 1.165) is 11.3 Å². The molecule has 0 aliphatic rings. The van der Waals surface area contributed by atoms with Crippen LogP contribution in [0.1, 0.15) is 15.4 Å². The fourth-order valence-electron chi connectivity index (χ4n) is 1.20. The van der Waals surface area contributed by atoms with Crippen molar-refractivity contribution in [2.75, 3.05) is 0 Å². The molecule has 2 aromatic rings. The number of furan rings is 1. The van der Waals surface area contributed by atoms with Crippen LogP contribution < -0.4 is 4.74 Å². The van der Waals surface area contributed by atoms with E-state index in [0.29, 0.717) is 11.5 Å². The second-order valence-electron chi connectivity index (χ2n) is 3.24. The van der Waals surface area contributed by atoms with E-state index < -0.39 is 10.9 Å². The molecule has 1 N–H and O–H groups in total. The van der Waals surface area contributed by atoms with E-state index in [4.69, 9.17) is 14.3 Å². The summed E-state index contributed by atoms with van der Waals surface area (Å²) in [6.07, 6.45) is 0. The summed E-state index contributed by atoms with van der Waals surface area (Å²) in [6, 6.07) is 4.04. The topological polar surface area (TPSA) is 103 Å². The highest BCUT2D eigenvalue weighted by Gasteiger charge is 2.13. The molecule has 2 heterocycles. The van der Waals surface area contributed by atoms with Crippen molar-refractivity contribution in [3.63, 3.8) is 0 Å². The van der Waals surface area contributed by atoms with Gasteiger partial charge in [-0.15, -0.1) is 11.3 Å². The molecular weight excluding hydrogens is 262 g/mol. The number of thiophene rings is 1. The number of rotatable bonds is 5. The molecule has 0 bridgehead atoms. The van der Waals surface area contributed by atoms with E-state index in [1.165, 1.54) is 18.2 Å². The largest absolute Gasteiger partial charge is 0.485 e. The molecule has 0 amide bonds. The van der Waals surface area contributed by atoms with Crippen LogP contribution in [0, 0.1) is 10.1 Å². The molecule has 2 aromatic heterocycles. The molecule has 0 saturated heterocycles. The lowest BCUT2D eigenvalue weighted by Gasteiger charge is -1.99. The third-order valence-electron chi connectivity index (χ3n) is 1.99. The molecule has 0 saturated carbocycles. The van der Waals surface area contributed by atoms with E-state index in [9.17, 15) is 14.9 Å². The predicted molar refractivity (Wildman–Crippen MR) is 61.0 cm³/mol. The molecule has 7 nitrogen and oxygen atoms in total. The summed E-state index contributed by atoms with van der Waals surface area (Å²) < 4.78 is 10.1. The van der Waals surface area contributed by atoms with Crippen LogP contribution in [0.3, 0.4) is 0 Å². The summed E-state index contributed by atoms with van der Waals surface area (Å²) in [7, 11) is 0. The smallest absolute Gasteiger partial charge is 0.433 e. The van der Waals surface area contributed by atoms with E-state index in [2.05, 4.69) is 0 Å². The number of ether oxygens (including phenoxy) is 1. The number of nitrogens with zero attached hydrogens (tertiary/aromatic N) is 1. The maximum Gasteiger partial charge on any atom is 0.433 e. The lowest BCUT2D eigenvalue weighted by Crippen LogP contribution is -1.93. The van der Waals surface area contributed by atoms with E-state index in [1.807, 2.05) is 0 Å². The Bertz CT molecular complexity index is 534. The third kappa shape index (κ3) is 2.66. The Kier molecular flexibility index (Phi) is 3.28. The number of carbonyl (C=O) groups is 1. The molecule has 8 heteroatoms. The summed E-state index contributed by atoms with van der Waals surface area (Å²) in [5, 5.41) is 20.6. The van der Waals surface area contributed by atoms with Crippen molar-refractivity contribution in [2.45, 2.75) is 6.61 Å². The Morgan fingerprint density at radius 2 is 2.33 bits per heavy atom. The Morgan fingerprint density at radius 3 is 2.89 bits per heavy atom. The average molecular weight is 269 g/mol. The van der Waals surface area contributed by atoms with Gasteiger partial charge in [0.2, 0.25) is 0 Å². The summed E-state index contributed by atoms with van der Waals surface area (Å²) in [6.45, 7) is 0.00360. The zero-order valence-electron chi connectivity index (χ0n) is 8.86. The number of aromatic carboxylic acids is 1. The lowest BCUT2D eigenvalue weighted by molar-refractivity contribution is -0.402. The van der Waals surface area contributed by atoms with Crippen molar-refractivity contribution in [1.82, 2.24) is 0 Å². The molecule has 0 aromatic carbocycles. The first-order valence-corrected chi connectivity index (χ1v) is 5.62. The van der Waals surface area contributed by atoms with Gasteiger partial charge in [-0.25, -0.2) is 4.79 Å². The second-order valence-corrected chi connectivity index (χ2v) is 4.15. The lowest BCUT2D eigenvalue weighted by atomic mass is 10.4. The molecule has 0 fully saturated rings. The summed E-state index contributed by atoms with van der Waals surface area (Å²) in [5.41, 5.74) is 0. The molecular formula is C10H7NO6S. The average Bonchev–Trinajstić information content (AvgIpc) is 2.95. The SMILES string of the molecule is O=C(O)c1cc(OCc2ccc([N+](=O)[O-])o2)cs1. The first-order chi connectivity index (χ1) is 8.56. The Balaban J connectivity index is 1.97. The Labute approximate surface area is 104 Å². The van der Waals surface area contributed by atoms with E-state index in [-0.39, 0.29) is 17.4 Å². The van der Waals surface area contributed by atoms with Crippen molar-refractivity contribution in [3.8, 4) is 5.75 Å². The minimum Gasteiger partial charge on any atom is -0.485 e. The molecule has 0 radical (unpaired) electrons. The molecule has 0 aliphatic heterocycles. The standard InChI is InChI=1S/C10H7NO6S/c12-10(13)8-3-7(5-18-8)16-4-6-1-2-9(17-6)11(14)15/h1-3,5H,4H2,(H,12,13). The van der Waals surface area contributed by atoms with Crippen LogP contribution in [0.25, 0.3) is 0 Å². The third-order valence-corrected chi connectivity index (χ3v) is 2.89. The van der Waals surface area contributed by atoms with Crippen molar-refractivity contribution < 1.29 is 24.0 Å². The van der Waals surface area contributed by atoms with Crippen molar-refractivity contribution >= 4 is 23.2 Å². The van der Waals surface area contributed by atoms with Crippen molar-refractivity contribution in [2.24, 2.45) is 0 Å². The Morgan fingerprint density at radius 1 is 1.56 bits per heavy atom. The van der Waals surface area contributed by atoms with Crippen molar-refractivity contribution in [1.29, 1.82) is 0 Å². The number of carboxylic acid groups (broad SMARTS) is 1. The predicted octanol–water partition coefficient (Wildman–Crippen LogP) is 2.53. The molecule has 0 aliphatic carbocycles.